The van der Waals surface area contributed by atoms with Crippen molar-refractivity contribution in [1.82, 2.24) is 10.6 Å². The van der Waals surface area contributed by atoms with Gasteiger partial charge in [-0.3, -0.25) is 14.4 Å². The van der Waals surface area contributed by atoms with Crippen LogP contribution in [0.15, 0.2) is 48.5 Å². The molecular formula is C35H48N4O6. The van der Waals surface area contributed by atoms with E-state index in [1.807, 2.05) is 67.3 Å². The van der Waals surface area contributed by atoms with Gasteiger partial charge in [0.15, 0.2) is 5.60 Å². The molecule has 2 N–H and O–H groups in total. The number of rotatable bonds is 12. The fourth-order valence-electron chi connectivity index (χ4n) is 6.35. The highest BCUT2D eigenvalue weighted by Crippen LogP contribution is 2.43. The lowest BCUT2D eigenvalue weighted by Crippen LogP contribution is -2.53. The van der Waals surface area contributed by atoms with Gasteiger partial charge in [-0.2, -0.15) is 0 Å². The SMILES string of the molecule is COCCCN1C(=O)C(C)(C)Oc2ccc(N(C(=O)[C@H]3CNC[C@@H](C(=O)N[C@H](c4ccccc4)C(C)(C)OC)C3)C3CC3)cc21. The Morgan fingerprint density at radius 2 is 1.82 bits per heavy atom. The zero-order chi connectivity index (χ0) is 32.4. The van der Waals surface area contributed by atoms with E-state index in [0.29, 0.717) is 50.5 Å². The summed E-state index contributed by atoms with van der Waals surface area (Å²) in [6.07, 6.45) is 2.95. The number of carbonyl (C=O) groups is 3. The van der Waals surface area contributed by atoms with Crippen LogP contribution in [-0.2, 0) is 23.9 Å². The molecule has 5 rings (SSSR count). The molecule has 1 saturated carbocycles. The molecule has 1 aliphatic carbocycles. The Morgan fingerprint density at radius 1 is 1.11 bits per heavy atom. The smallest absolute Gasteiger partial charge is 0.270 e. The van der Waals surface area contributed by atoms with Crippen LogP contribution < -0.4 is 25.2 Å². The van der Waals surface area contributed by atoms with E-state index in [-0.39, 0.29) is 41.6 Å². The van der Waals surface area contributed by atoms with Crippen molar-refractivity contribution in [2.45, 2.75) is 76.7 Å². The molecule has 3 atom stereocenters. The van der Waals surface area contributed by atoms with Crippen molar-refractivity contribution in [3.63, 3.8) is 0 Å². The maximum absolute atomic E-state index is 14.2. The van der Waals surface area contributed by atoms with Crippen LogP contribution in [0.25, 0.3) is 0 Å². The van der Waals surface area contributed by atoms with Crippen LogP contribution in [0.5, 0.6) is 5.75 Å². The average molecular weight is 621 g/mol. The number of hydrogen-bond acceptors (Lipinski definition) is 7. The number of benzene rings is 2. The standard InChI is InChI=1S/C35H48N4O6/c1-34(2,44-6)30(23-11-8-7-9-12-23)37-31(40)24-19-25(22-36-21-24)32(41)39(26-13-14-26)27-15-16-29-28(20-27)38(17-10-18-43-5)33(42)35(3,4)45-29/h7-9,11-12,15-16,20,24-26,30,36H,10,13-14,17-19,21-22H2,1-6H3,(H,37,40)/t24-,25+,30+/m0/s1. The summed E-state index contributed by atoms with van der Waals surface area (Å²) in [7, 11) is 3.29. The van der Waals surface area contributed by atoms with Crippen LogP contribution in [0.4, 0.5) is 11.4 Å². The van der Waals surface area contributed by atoms with Crippen LogP contribution in [0.3, 0.4) is 0 Å². The van der Waals surface area contributed by atoms with E-state index in [9.17, 15) is 14.4 Å². The number of hydrogen-bond donors (Lipinski definition) is 2. The number of anilines is 2. The van der Waals surface area contributed by atoms with Crippen LogP contribution in [-0.4, -0.2) is 75.4 Å². The number of ether oxygens (including phenoxy) is 3. The normalized spacial score (nSPS) is 21.8. The van der Waals surface area contributed by atoms with Crippen LogP contribution in [0.1, 0.15) is 65.0 Å². The molecule has 2 aliphatic heterocycles. The maximum atomic E-state index is 14.2. The molecule has 0 spiro atoms. The molecule has 0 bridgehead atoms. The highest BCUT2D eigenvalue weighted by Gasteiger charge is 2.44. The molecule has 45 heavy (non-hydrogen) atoms. The fraction of sp³-hybridized carbons (Fsp3) is 0.571. The number of amides is 3. The highest BCUT2D eigenvalue weighted by atomic mass is 16.5. The van der Waals surface area contributed by atoms with Crippen LogP contribution in [0, 0.1) is 11.8 Å². The van der Waals surface area contributed by atoms with Crippen LogP contribution in [0.2, 0.25) is 0 Å². The Balaban J connectivity index is 1.35. The Morgan fingerprint density at radius 3 is 2.49 bits per heavy atom. The number of piperidine rings is 1. The van der Waals surface area contributed by atoms with Crippen molar-refractivity contribution in [3.05, 3.63) is 54.1 Å². The summed E-state index contributed by atoms with van der Waals surface area (Å²) in [6.45, 7) is 9.49. The quantitative estimate of drug-likeness (QED) is 0.342. The topological polar surface area (TPSA) is 109 Å². The summed E-state index contributed by atoms with van der Waals surface area (Å²) in [5.74, 6) is -0.355. The third-order valence-electron chi connectivity index (χ3n) is 9.23. The largest absolute Gasteiger partial charge is 0.476 e. The maximum Gasteiger partial charge on any atom is 0.270 e. The Bertz CT molecular complexity index is 1380. The highest BCUT2D eigenvalue weighted by molar-refractivity contribution is 6.04. The van der Waals surface area contributed by atoms with Gasteiger partial charge in [0, 0.05) is 52.2 Å². The van der Waals surface area contributed by atoms with Gasteiger partial charge in [0.25, 0.3) is 5.91 Å². The molecule has 2 aromatic rings. The molecule has 3 amide bonds. The number of fused-ring (bicyclic) bond motifs is 1. The average Bonchev–Trinajstić information content (AvgIpc) is 3.87. The second kappa shape index (κ2) is 13.5. The van der Waals surface area contributed by atoms with Gasteiger partial charge < -0.3 is 34.6 Å². The minimum Gasteiger partial charge on any atom is -0.476 e. The molecule has 2 fully saturated rings. The summed E-state index contributed by atoms with van der Waals surface area (Å²) in [6, 6.07) is 15.2. The summed E-state index contributed by atoms with van der Waals surface area (Å²) in [4.78, 5) is 44.9. The first kappa shape index (κ1) is 32.9. The molecule has 0 unspecified atom stereocenters. The van der Waals surface area contributed by atoms with E-state index >= 15 is 0 Å². The molecule has 10 heteroatoms. The summed E-state index contributed by atoms with van der Waals surface area (Å²) >= 11 is 0. The monoisotopic (exact) mass is 620 g/mol. The van der Waals surface area contributed by atoms with Gasteiger partial charge in [-0.25, -0.2) is 0 Å². The van der Waals surface area contributed by atoms with Gasteiger partial charge in [-0.1, -0.05) is 30.3 Å². The van der Waals surface area contributed by atoms with E-state index in [1.165, 1.54) is 0 Å². The van der Waals surface area contributed by atoms with Crippen molar-refractivity contribution in [2.75, 3.05) is 50.3 Å². The molecular weight excluding hydrogens is 572 g/mol. The van der Waals surface area contributed by atoms with Crippen molar-refractivity contribution in [2.24, 2.45) is 11.8 Å². The first-order chi connectivity index (χ1) is 21.5. The van der Waals surface area contributed by atoms with E-state index < -0.39 is 11.2 Å². The van der Waals surface area contributed by atoms with E-state index in [2.05, 4.69) is 10.6 Å². The lowest BCUT2D eigenvalue weighted by molar-refractivity contribution is -0.133. The zero-order valence-corrected chi connectivity index (χ0v) is 27.4. The molecule has 1 saturated heterocycles. The molecule has 0 radical (unpaired) electrons. The number of nitrogens with one attached hydrogen (secondary N) is 2. The van der Waals surface area contributed by atoms with Crippen molar-refractivity contribution >= 4 is 29.1 Å². The third-order valence-corrected chi connectivity index (χ3v) is 9.23. The summed E-state index contributed by atoms with van der Waals surface area (Å²) in [5, 5.41) is 6.59. The molecule has 244 valence electrons. The number of methoxy groups -OCH3 is 2. The second-order valence-corrected chi connectivity index (χ2v) is 13.5. The van der Waals surface area contributed by atoms with E-state index in [1.54, 1.807) is 33.0 Å². The first-order valence-corrected chi connectivity index (χ1v) is 16.0. The molecule has 0 aromatic heterocycles. The minimum atomic E-state index is -0.991. The molecule has 2 aromatic carbocycles. The van der Waals surface area contributed by atoms with Crippen LogP contribution >= 0.6 is 0 Å². The van der Waals surface area contributed by atoms with E-state index in [4.69, 9.17) is 14.2 Å². The lowest BCUT2D eigenvalue weighted by Gasteiger charge is -2.40. The van der Waals surface area contributed by atoms with E-state index in [0.717, 1.165) is 24.1 Å². The van der Waals surface area contributed by atoms with Gasteiger partial charge in [0.2, 0.25) is 11.8 Å². The third kappa shape index (κ3) is 7.18. The van der Waals surface area contributed by atoms with Gasteiger partial charge in [0.1, 0.15) is 5.75 Å². The van der Waals surface area contributed by atoms with Gasteiger partial charge in [0.05, 0.1) is 29.2 Å². The Labute approximate surface area is 266 Å². The summed E-state index contributed by atoms with van der Waals surface area (Å²) < 4.78 is 17.1. The van der Waals surface area contributed by atoms with Crippen molar-refractivity contribution in [3.8, 4) is 5.75 Å². The Kier molecular flexibility index (Phi) is 9.86. The van der Waals surface area contributed by atoms with Gasteiger partial charge in [-0.05, 0) is 77.1 Å². The van der Waals surface area contributed by atoms with Crippen molar-refractivity contribution in [1.29, 1.82) is 0 Å². The zero-order valence-electron chi connectivity index (χ0n) is 27.4. The molecule has 2 heterocycles. The van der Waals surface area contributed by atoms with Gasteiger partial charge >= 0.3 is 0 Å². The predicted molar refractivity (Wildman–Crippen MR) is 173 cm³/mol. The lowest BCUT2D eigenvalue weighted by atomic mass is 9.86. The fourth-order valence-corrected chi connectivity index (χ4v) is 6.35. The van der Waals surface area contributed by atoms with Gasteiger partial charge in [-0.15, -0.1) is 0 Å². The minimum absolute atomic E-state index is 0.00593. The summed E-state index contributed by atoms with van der Waals surface area (Å²) in [5.41, 5.74) is 0.740. The molecule has 3 aliphatic rings. The number of carbonyl (C=O) groups excluding carboxylic acids is 3. The Hall–Kier alpha value is -3.47. The van der Waals surface area contributed by atoms with Crippen molar-refractivity contribution < 1.29 is 28.6 Å². The first-order valence-electron chi connectivity index (χ1n) is 16.0. The molecule has 10 nitrogen and oxygen atoms in total. The number of nitrogens with zero attached hydrogens (tertiary/aromatic N) is 2. The predicted octanol–water partition coefficient (Wildman–Crippen LogP) is 4.23. The second-order valence-electron chi connectivity index (χ2n) is 13.5.